The van der Waals surface area contributed by atoms with Crippen LogP contribution in [0.4, 0.5) is 0 Å². The third-order valence-corrected chi connectivity index (χ3v) is 3.52. The Morgan fingerprint density at radius 2 is 1.93 bits per heavy atom. The minimum absolute atomic E-state index is 0.263. The second-order valence-electron chi connectivity index (χ2n) is 4.68. The molecule has 0 aliphatic carbocycles. The average Bonchev–Trinajstić information content (AvgIpc) is 2.01. The van der Waals surface area contributed by atoms with Gasteiger partial charge in [-0.3, -0.25) is 9.59 Å². The van der Waals surface area contributed by atoms with Crippen LogP contribution in [0, 0.1) is 0 Å². The topological polar surface area (TPSA) is 89.6 Å². The van der Waals surface area contributed by atoms with Crippen LogP contribution in [0.25, 0.3) is 0 Å². The van der Waals surface area contributed by atoms with E-state index in [0.717, 1.165) is 6.04 Å². The van der Waals surface area contributed by atoms with Gasteiger partial charge in [0.05, 0.1) is 13.0 Å². The number of hydrogen-bond acceptors (Lipinski definition) is 4. The molecule has 0 fully saturated rings. The lowest BCUT2D eigenvalue weighted by Crippen LogP contribution is -2.33. The van der Waals surface area contributed by atoms with Gasteiger partial charge in [0.2, 0.25) is 0 Å². The normalized spacial score (nSPS) is 13.3. The van der Waals surface area contributed by atoms with E-state index in [-0.39, 0.29) is 6.42 Å². The second-order valence-corrected chi connectivity index (χ2v) is 10.3. The lowest BCUT2D eigenvalue weighted by atomic mass is 10.2. The fourth-order valence-corrected chi connectivity index (χ4v) is 1.51. The number of rotatable bonds is 6. The molecule has 0 aliphatic rings. The number of carboxylic acids is 1. The van der Waals surface area contributed by atoms with Gasteiger partial charge in [0.25, 0.3) is 0 Å². The summed E-state index contributed by atoms with van der Waals surface area (Å²) in [4.78, 5) is 21.4. The fourth-order valence-electron chi connectivity index (χ4n) is 0.797. The van der Waals surface area contributed by atoms with Crippen LogP contribution in [-0.2, 0) is 14.3 Å². The van der Waals surface area contributed by atoms with E-state index in [1.807, 2.05) is 0 Å². The first-order valence-corrected chi connectivity index (χ1v) is 8.57. The highest BCUT2D eigenvalue weighted by Crippen LogP contribution is 2.08. The van der Waals surface area contributed by atoms with Crippen molar-refractivity contribution < 1.29 is 19.4 Å². The van der Waals surface area contributed by atoms with Gasteiger partial charge in [-0.1, -0.05) is 19.6 Å². The molecule has 0 aliphatic heterocycles. The molecule has 0 radical (unpaired) electrons. The Hall–Kier alpha value is -0.883. The smallest absolute Gasteiger partial charge is 0.321 e. The highest BCUT2D eigenvalue weighted by Gasteiger charge is 2.18. The van der Waals surface area contributed by atoms with Crippen molar-refractivity contribution in [2.24, 2.45) is 5.73 Å². The van der Waals surface area contributed by atoms with Crippen LogP contribution in [0.1, 0.15) is 6.42 Å². The van der Waals surface area contributed by atoms with Gasteiger partial charge >= 0.3 is 11.9 Å². The highest BCUT2D eigenvalue weighted by atomic mass is 28.3. The fraction of sp³-hybridized carbons (Fsp3) is 0.778. The monoisotopic (exact) mass is 233 g/mol. The number of esters is 1. The Bertz CT molecular complexity index is 237. The van der Waals surface area contributed by atoms with Gasteiger partial charge in [-0.25, -0.2) is 0 Å². The third kappa shape index (κ3) is 8.13. The summed E-state index contributed by atoms with van der Waals surface area (Å²) >= 11 is 0. The lowest BCUT2D eigenvalue weighted by molar-refractivity contribution is -0.148. The molecule has 0 aromatic rings. The molecule has 0 heterocycles. The molecule has 0 saturated heterocycles. The summed E-state index contributed by atoms with van der Waals surface area (Å²) in [6, 6.07) is -0.287. The van der Waals surface area contributed by atoms with Crippen molar-refractivity contribution in [3.8, 4) is 0 Å². The van der Waals surface area contributed by atoms with Crippen LogP contribution in [-0.4, -0.2) is 37.8 Å². The van der Waals surface area contributed by atoms with E-state index in [4.69, 9.17) is 15.6 Å². The molecule has 0 amide bonds. The zero-order chi connectivity index (χ0) is 12.1. The molecule has 0 rings (SSSR count). The van der Waals surface area contributed by atoms with Crippen LogP contribution in [0.2, 0.25) is 25.7 Å². The molecule has 3 N–H and O–H groups in total. The summed E-state index contributed by atoms with van der Waals surface area (Å²) in [7, 11) is -1.21. The highest BCUT2D eigenvalue weighted by molar-refractivity contribution is 6.76. The molecule has 1 unspecified atom stereocenters. The zero-order valence-electron chi connectivity index (χ0n) is 9.45. The molecule has 0 bridgehead atoms. The number of aliphatic carboxylic acids is 1. The van der Waals surface area contributed by atoms with E-state index in [9.17, 15) is 9.59 Å². The van der Waals surface area contributed by atoms with Gasteiger partial charge in [-0.05, 0) is 6.04 Å². The van der Waals surface area contributed by atoms with E-state index >= 15 is 0 Å². The van der Waals surface area contributed by atoms with Crippen LogP contribution in [0.3, 0.4) is 0 Å². The molecule has 0 spiro atoms. The second kappa shape index (κ2) is 5.87. The van der Waals surface area contributed by atoms with Crippen molar-refractivity contribution in [1.29, 1.82) is 0 Å². The van der Waals surface area contributed by atoms with Crippen LogP contribution in [0.15, 0.2) is 0 Å². The maximum absolute atomic E-state index is 11.1. The quantitative estimate of drug-likeness (QED) is 0.520. The Morgan fingerprint density at radius 3 is 2.33 bits per heavy atom. The largest absolute Gasteiger partial charge is 0.480 e. The molecule has 5 nitrogen and oxygen atoms in total. The molecule has 1 atom stereocenters. The zero-order valence-corrected chi connectivity index (χ0v) is 10.4. The van der Waals surface area contributed by atoms with Crippen molar-refractivity contribution in [2.45, 2.75) is 38.1 Å². The number of carbonyl (C=O) groups is 2. The number of ether oxygens (including phenoxy) is 1. The van der Waals surface area contributed by atoms with Crippen molar-refractivity contribution in [2.75, 3.05) is 6.61 Å². The number of carbonyl (C=O) groups excluding carboxylic acids is 1. The van der Waals surface area contributed by atoms with E-state index in [0.29, 0.717) is 6.61 Å². The Balaban J connectivity index is 3.72. The molecule has 88 valence electrons. The summed E-state index contributed by atoms with van der Waals surface area (Å²) in [6.07, 6.45) is -0.263. The van der Waals surface area contributed by atoms with Crippen molar-refractivity contribution in [1.82, 2.24) is 0 Å². The minimum Gasteiger partial charge on any atom is -0.480 e. The van der Waals surface area contributed by atoms with Gasteiger partial charge < -0.3 is 15.6 Å². The standard InChI is InChI=1S/C9H19NO4Si/c1-15(2,3)5-4-14-8(11)6-7(10)9(12)13/h7H,4-6,10H2,1-3H3,(H,12,13). The molecular formula is C9H19NO4Si. The summed E-state index contributed by atoms with van der Waals surface area (Å²) in [5.74, 6) is -1.72. The van der Waals surface area contributed by atoms with E-state index in [1.165, 1.54) is 0 Å². The minimum atomic E-state index is -1.21. The Labute approximate surface area is 90.6 Å². The molecule has 15 heavy (non-hydrogen) atoms. The van der Waals surface area contributed by atoms with Crippen molar-refractivity contribution >= 4 is 20.0 Å². The van der Waals surface area contributed by atoms with Gasteiger partial charge in [-0.2, -0.15) is 0 Å². The van der Waals surface area contributed by atoms with Crippen LogP contribution < -0.4 is 5.73 Å². The van der Waals surface area contributed by atoms with E-state index in [1.54, 1.807) is 0 Å². The maximum Gasteiger partial charge on any atom is 0.321 e. The van der Waals surface area contributed by atoms with E-state index in [2.05, 4.69) is 19.6 Å². The summed E-state index contributed by atoms with van der Waals surface area (Å²) in [6.45, 7) is 6.87. The number of nitrogens with two attached hydrogens (primary N) is 1. The first kappa shape index (κ1) is 14.1. The Morgan fingerprint density at radius 1 is 1.40 bits per heavy atom. The first-order chi connectivity index (χ1) is 6.72. The molecule has 0 aromatic heterocycles. The van der Waals surface area contributed by atoms with Gasteiger partial charge in [-0.15, -0.1) is 0 Å². The first-order valence-electron chi connectivity index (χ1n) is 4.86. The molecule has 0 saturated carbocycles. The SMILES string of the molecule is C[Si](C)(C)CCOC(=O)CC(N)C(=O)O. The van der Waals surface area contributed by atoms with Crippen molar-refractivity contribution in [3.05, 3.63) is 0 Å². The summed E-state index contributed by atoms with van der Waals surface area (Å²) in [5.41, 5.74) is 5.18. The molecular weight excluding hydrogens is 214 g/mol. The number of carboxylic acid groups (broad SMARTS) is 1. The van der Waals surface area contributed by atoms with Crippen LogP contribution >= 0.6 is 0 Å². The summed E-state index contributed by atoms with van der Waals surface area (Å²) in [5, 5.41) is 8.46. The van der Waals surface area contributed by atoms with Crippen molar-refractivity contribution in [3.63, 3.8) is 0 Å². The Kier molecular flexibility index (Phi) is 5.52. The summed E-state index contributed by atoms with van der Waals surface area (Å²) < 4.78 is 4.89. The van der Waals surface area contributed by atoms with Gasteiger partial charge in [0.15, 0.2) is 0 Å². The number of hydrogen-bond donors (Lipinski definition) is 2. The lowest BCUT2D eigenvalue weighted by Gasteiger charge is -2.15. The van der Waals surface area contributed by atoms with Crippen LogP contribution in [0.5, 0.6) is 0 Å². The molecule has 6 heteroatoms. The third-order valence-electron chi connectivity index (χ3n) is 1.82. The average molecular weight is 233 g/mol. The van der Waals surface area contributed by atoms with Gasteiger partial charge in [0, 0.05) is 8.07 Å². The molecule has 0 aromatic carbocycles. The predicted molar refractivity (Wildman–Crippen MR) is 59.3 cm³/mol. The van der Waals surface area contributed by atoms with E-state index < -0.39 is 26.1 Å². The predicted octanol–water partition coefficient (Wildman–Crippen LogP) is 0.670. The van der Waals surface area contributed by atoms with Gasteiger partial charge in [0.1, 0.15) is 6.04 Å². The maximum atomic E-state index is 11.1.